The number of hydrogen-bond acceptors (Lipinski definition) is 5. The number of hydrogen-bond donors (Lipinski definition) is 1. The van der Waals surface area contributed by atoms with E-state index in [1.165, 1.54) is 24.1 Å². The maximum atomic E-state index is 13.9. The van der Waals surface area contributed by atoms with Crippen LogP contribution in [-0.4, -0.2) is 51.4 Å². The highest BCUT2D eigenvalue weighted by molar-refractivity contribution is 7.92. The summed E-state index contributed by atoms with van der Waals surface area (Å²) in [6.45, 7) is 5.70. The number of benzene rings is 3. The van der Waals surface area contributed by atoms with E-state index in [4.69, 9.17) is 4.74 Å². The maximum Gasteiger partial charge on any atom is 0.264 e. The van der Waals surface area contributed by atoms with Gasteiger partial charge in [0.2, 0.25) is 11.8 Å². The van der Waals surface area contributed by atoms with Gasteiger partial charge >= 0.3 is 0 Å². The second kappa shape index (κ2) is 13.1. The first-order valence-corrected chi connectivity index (χ1v) is 13.9. The second-order valence-electron chi connectivity index (χ2n) is 9.32. The molecule has 0 bridgehead atoms. The molecule has 202 valence electrons. The number of carbonyl (C=O) groups is 2. The number of ether oxygens (including phenoxy) is 1. The third kappa shape index (κ3) is 7.13. The molecule has 0 spiro atoms. The number of anilines is 1. The van der Waals surface area contributed by atoms with Gasteiger partial charge in [0.15, 0.2) is 0 Å². The second-order valence-corrected chi connectivity index (χ2v) is 11.2. The van der Waals surface area contributed by atoms with Crippen molar-refractivity contribution in [3.63, 3.8) is 0 Å². The lowest BCUT2D eigenvalue weighted by molar-refractivity contribution is -0.139. The highest BCUT2D eigenvalue weighted by Crippen LogP contribution is 2.32. The number of para-hydroxylation sites is 2. The van der Waals surface area contributed by atoms with Crippen LogP contribution in [0.3, 0.4) is 0 Å². The molecule has 0 aliphatic rings. The van der Waals surface area contributed by atoms with Crippen molar-refractivity contribution >= 4 is 27.5 Å². The van der Waals surface area contributed by atoms with Crippen LogP contribution in [-0.2, 0) is 26.2 Å². The quantitative estimate of drug-likeness (QED) is 0.376. The zero-order chi connectivity index (χ0) is 27.7. The SMILES string of the molecule is COc1ccccc1N(CC(=O)N(Cc1ccccc1)C(C)C(=O)NCC(C)C)S(=O)(=O)c1ccccc1. The molecule has 9 heteroatoms. The van der Waals surface area contributed by atoms with Crippen molar-refractivity contribution in [3.05, 3.63) is 90.5 Å². The Hall–Kier alpha value is -3.85. The van der Waals surface area contributed by atoms with Crippen molar-refractivity contribution in [3.8, 4) is 5.75 Å². The van der Waals surface area contributed by atoms with E-state index in [9.17, 15) is 18.0 Å². The molecule has 0 fully saturated rings. The molecule has 3 aromatic rings. The monoisotopic (exact) mass is 537 g/mol. The van der Waals surface area contributed by atoms with E-state index >= 15 is 0 Å². The molecule has 3 rings (SSSR count). The first-order chi connectivity index (χ1) is 18.1. The van der Waals surface area contributed by atoms with Gasteiger partial charge in [0, 0.05) is 13.1 Å². The van der Waals surface area contributed by atoms with E-state index in [1.807, 2.05) is 44.2 Å². The lowest BCUT2D eigenvalue weighted by Gasteiger charge is -2.32. The summed E-state index contributed by atoms with van der Waals surface area (Å²) in [7, 11) is -2.71. The van der Waals surface area contributed by atoms with Gasteiger partial charge in [0.05, 0.1) is 17.7 Å². The van der Waals surface area contributed by atoms with Crippen LogP contribution in [0.25, 0.3) is 0 Å². The number of methoxy groups -OCH3 is 1. The summed E-state index contributed by atoms with van der Waals surface area (Å²) < 4.78 is 34.1. The largest absolute Gasteiger partial charge is 0.495 e. The normalized spacial score (nSPS) is 12.0. The average molecular weight is 538 g/mol. The number of nitrogens with zero attached hydrogens (tertiary/aromatic N) is 2. The average Bonchev–Trinajstić information content (AvgIpc) is 2.93. The minimum Gasteiger partial charge on any atom is -0.495 e. The molecular weight excluding hydrogens is 502 g/mol. The van der Waals surface area contributed by atoms with Crippen molar-refractivity contribution in [2.45, 2.75) is 38.3 Å². The van der Waals surface area contributed by atoms with Gasteiger partial charge in [-0.2, -0.15) is 0 Å². The van der Waals surface area contributed by atoms with Crippen LogP contribution in [0, 0.1) is 5.92 Å². The summed E-state index contributed by atoms with van der Waals surface area (Å²) in [5.41, 5.74) is 1.04. The molecule has 1 N–H and O–H groups in total. The third-order valence-electron chi connectivity index (χ3n) is 6.01. The summed E-state index contributed by atoms with van der Waals surface area (Å²) in [5.74, 6) is -0.289. The molecule has 2 amide bonds. The minimum absolute atomic E-state index is 0.0380. The minimum atomic E-state index is -4.15. The van der Waals surface area contributed by atoms with Crippen LogP contribution in [0.1, 0.15) is 26.3 Å². The van der Waals surface area contributed by atoms with Crippen LogP contribution in [0.15, 0.2) is 89.8 Å². The molecule has 0 heterocycles. The predicted molar refractivity (Wildman–Crippen MR) is 148 cm³/mol. The molecule has 0 aliphatic heterocycles. The van der Waals surface area contributed by atoms with E-state index in [-0.39, 0.29) is 29.0 Å². The molecule has 0 aromatic heterocycles. The molecule has 8 nitrogen and oxygen atoms in total. The van der Waals surface area contributed by atoms with Crippen molar-refractivity contribution in [1.82, 2.24) is 10.2 Å². The molecule has 1 atom stereocenters. The Labute approximate surface area is 225 Å². The van der Waals surface area contributed by atoms with Crippen molar-refractivity contribution in [1.29, 1.82) is 0 Å². The van der Waals surface area contributed by atoms with Gasteiger partial charge in [-0.25, -0.2) is 8.42 Å². The molecule has 3 aromatic carbocycles. The van der Waals surface area contributed by atoms with E-state index < -0.39 is 28.5 Å². The number of amides is 2. The Morgan fingerprint density at radius 1 is 0.868 bits per heavy atom. The Kier molecular flexibility index (Phi) is 9.90. The van der Waals surface area contributed by atoms with Crippen molar-refractivity contribution in [2.75, 3.05) is 24.5 Å². The molecule has 38 heavy (non-hydrogen) atoms. The lowest BCUT2D eigenvalue weighted by Crippen LogP contribution is -2.51. The zero-order valence-electron chi connectivity index (χ0n) is 22.2. The summed E-state index contributed by atoms with van der Waals surface area (Å²) in [5, 5.41) is 2.88. The molecule has 0 radical (unpaired) electrons. The van der Waals surface area contributed by atoms with E-state index in [2.05, 4.69) is 5.32 Å². The summed E-state index contributed by atoms with van der Waals surface area (Å²) in [6.07, 6.45) is 0. The number of sulfonamides is 1. The van der Waals surface area contributed by atoms with Crippen molar-refractivity contribution in [2.24, 2.45) is 5.92 Å². The van der Waals surface area contributed by atoms with E-state index in [1.54, 1.807) is 49.4 Å². The molecule has 0 saturated carbocycles. The van der Waals surface area contributed by atoms with Gasteiger partial charge < -0.3 is 15.0 Å². The predicted octanol–water partition coefficient (Wildman–Crippen LogP) is 4.08. The Morgan fingerprint density at radius 2 is 1.45 bits per heavy atom. The molecule has 0 aliphatic carbocycles. The fourth-order valence-electron chi connectivity index (χ4n) is 3.88. The van der Waals surface area contributed by atoms with Gasteiger partial charge in [-0.3, -0.25) is 13.9 Å². The fourth-order valence-corrected chi connectivity index (χ4v) is 5.33. The Balaban J connectivity index is 2.02. The first kappa shape index (κ1) is 28.7. The topological polar surface area (TPSA) is 96.0 Å². The van der Waals surface area contributed by atoms with Gasteiger partial charge in [-0.05, 0) is 42.7 Å². The lowest BCUT2D eigenvalue weighted by atomic mass is 10.1. The van der Waals surface area contributed by atoms with Crippen LogP contribution in [0.5, 0.6) is 5.75 Å². The Bertz CT molecular complexity index is 1310. The summed E-state index contributed by atoms with van der Waals surface area (Å²) in [6, 6.07) is 23.0. The zero-order valence-corrected chi connectivity index (χ0v) is 23.0. The van der Waals surface area contributed by atoms with Crippen LogP contribution in [0.2, 0.25) is 0 Å². The van der Waals surface area contributed by atoms with E-state index in [0.717, 1.165) is 9.87 Å². The van der Waals surface area contributed by atoms with Gasteiger partial charge in [-0.15, -0.1) is 0 Å². The van der Waals surface area contributed by atoms with Crippen molar-refractivity contribution < 1.29 is 22.7 Å². The molecule has 0 saturated heterocycles. The first-order valence-electron chi connectivity index (χ1n) is 12.5. The Morgan fingerprint density at radius 3 is 2.05 bits per heavy atom. The highest BCUT2D eigenvalue weighted by Gasteiger charge is 2.33. The molecule has 1 unspecified atom stereocenters. The highest BCUT2D eigenvalue weighted by atomic mass is 32.2. The summed E-state index contributed by atoms with van der Waals surface area (Å²) >= 11 is 0. The van der Waals surface area contributed by atoms with E-state index in [0.29, 0.717) is 12.3 Å². The summed E-state index contributed by atoms with van der Waals surface area (Å²) in [4.78, 5) is 28.3. The van der Waals surface area contributed by atoms with Gasteiger partial charge in [-0.1, -0.05) is 74.5 Å². The smallest absolute Gasteiger partial charge is 0.264 e. The van der Waals surface area contributed by atoms with Crippen LogP contribution < -0.4 is 14.4 Å². The van der Waals surface area contributed by atoms with Gasteiger partial charge in [0.25, 0.3) is 10.0 Å². The number of nitrogens with one attached hydrogen (secondary N) is 1. The number of rotatable bonds is 12. The van der Waals surface area contributed by atoms with Gasteiger partial charge in [0.1, 0.15) is 18.3 Å². The third-order valence-corrected chi connectivity index (χ3v) is 7.79. The molecular formula is C29H35N3O5S. The maximum absolute atomic E-state index is 13.9. The van der Waals surface area contributed by atoms with Crippen LogP contribution in [0.4, 0.5) is 5.69 Å². The van der Waals surface area contributed by atoms with Crippen LogP contribution >= 0.6 is 0 Å². The number of carbonyl (C=O) groups excluding carboxylic acids is 2. The fraction of sp³-hybridized carbons (Fsp3) is 0.310. The standard InChI is InChI=1S/C29H35N3O5S/c1-22(2)19-30-29(34)23(3)31(20-24-13-7-5-8-14-24)28(33)21-32(26-17-11-12-18-27(26)37-4)38(35,36)25-15-9-6-10-16-25/h5-18,22-23H,19-21H2,1-4H3,(H,30,34).